The van der Waals surface area contributed by atoms with E-state index in [1.807, 2.05) is 19.9 Å². The Morgan fingerprint density at radius 3 is 2.81 bits per heavy atom. The van der Waals surface area contributed by atoms with Gasteiger partial charge in [-0.15, -0.1) is 0 Å². The van der Waals surface area contributed by atoms with Gasteiger partial charge in [0.2, 0.25) is 0 Å². The van der Waals surface area contributed by atoms with Crippen LogP contribution in [0.3, 0.4) is 0 Å². The molecular formula is C14H19FO. The molecular weight excluding hydrogens is 203 g/mol. The zero-order valence-corrected chi connectivity index (χ0v) is 9.91. The van der Waals surface area contributed by atoms with Gasteiger partial charge >= 0.3 is 0 Å². The van der Waals surface area contributed by atoms with Gasteiger partial charge in [-0.05, 0) is 48.9 Å². The van der Waals surface area contributed by atoms with Crippen LogP contribution >= 0.6 is 0 Å². The van der Waals surface area contributed by atoms with E-state index in [4.69, 9.17) is 0 Å². The molecule has 0 aliphatic heterocycles. The Bertz CT molecular complexity index is 375. The van der Waals surface area contributed by atoms with E-state index in [-0.39, 0.29) is 17.6 Å². The summed E-state index contributed by atoms with van der Waals surface area (Å²) in [6.45, 7) is 3.97. The van der Waals surface area contributed by atoms with Gasteiger partial charge in [-0.1, -0.05) is 19.4 Å². The lowest BCUT2D eigenvalue weighted by Crippen LogP contribution is -2.26. The van der Waals surface area contributed by atoms with Gasteiger partial charge in [-0.25, -0.2) is 4.39 Å². The first-order valence-electron chi connectivity index (χ1n) is 6.03. The first kappa shape index (κ1) is 11.4. The number of phenols is 1. The number of aromatic hydroxyl groups is 1. The maximum Gasteiger partial charge on any atom is 0.115 e. The minimum Gasteiger partial charge on any atom is -0.508 e. The molecule has 1 nitrogen and oxygen atoms in total. The maximum absolute atomic E-state index is 14.2. The minimum absolute atomic E-state index is 0.0316. The predicted octanol–water partition coefficient (Wildman–Crippen LogP) is 3.94. The van der Waals surface area contributed by atoms with Crippen molar-refractivity contribution in [3.8, 4) is 5.75 Å². The molecule has 16 heavy (non-hydrogen) atoms. The van der Waals surface area contributed by atoms with E-state index < -0.39 is 6.17 Å². The molecule has 1 aliphatic carbocycles. The zero-order valence-electron chi connectivity index (χ0n) is 9.91. The SMILES string of the molecule is Cc1ccc(O)cc1C1CCCC(C)C1F. The van der Waals surface area contributed by atoms with Gasteiger partial charge < -0.3 is 5.11 Å². The molecule has 1 aromatic carbocycles. The van der Waals surface area contributed by atoms with E-state index in [2.05, 4.69) is 0 Å². The Labute approximate surface area is 96.3 Å². The smallest absolute Gasteiger partial charge is 0.115 e. The maximum atomic E-state index is 14.2. The van der Waals surface area contributed by atoms with Crippen molar-refractivity contribution in [3.05, 3.63) is 29.3 Å². The monoisotopic (exact) mass is 222 g/mol. The van der Waals surface area contributed by atoms with Crippen LogP contribution in [0.2, 0.25) is 0 Å². The molecule has 1 saturated carbocycles. The summed E-state index contributed by atoms with van der Waals surface area (Å²) in [6, 6.07) is 5.26. The molecule has 1 aromatic rings. The number of aryl methyl sites for hydroxylation is 1. The molecule has 0 amide bonds. The molecule has 0 aromatic heterocycles. The van der Waals surface area contributed by atoms with Crippen LogP contribution in [0.15, 0.2) is 18.2 Å². The van der Waals surface area contributed by atoms with E-state index in [1.54, 1.807) is 12.1 Å². The van der Waals surface area contributed by atoms with Gasteiger partial charge in [0.05, 0.1) is 0 Å². The van der Waals surface area contributed by atoms with Gasteiger partial charge in [0, 0.05) is 5.92 Å². The second-order valence-electron chi connectivity index (χ2n) is 5.00. The van der Waals surface area contributed by atoms with Crippen LogP contribution in [-0.4, -0.2) is 11.3 Å². The Kier molecular flexibility index (Phi) is 3.17. The van der Waals surface area contributed by atoms with Crippen molar-refractivity contribution in [1.29, 1.82) is 0 Å². The molecule has 1 aliphatic rings. The summed E-state index contributed by atoms with van der Waals surface area (Å²) in [5.74, 6) is 0.349. The Balaban J connectivity index is 2.31. The topological polar surface area (TPSA) is 20.2 Å². The van der Waals surface area contributed by atoms with Crippen molar-refractivity contribution >= 4 is 0 Å². The molecule has 3 atom stereocenters. The summed E-state index contributed by atoms with van der Waals surface area (Å²) in [4.78, 5) is 0. The summed E-state index contributed by atoms with van der Waals surface area (Å²) >= 11 is 0. The summed E-state index contributed by atoms with van der Waals surface area (Å²) in [5, 5.41) is 9.50. The second kappa shape index (κ2) is 4.44. The lowest BCUT2D eigenvalue weighted by atomic mass is 9.76. The number of halogens is 1. The molecule has 0 spiro atoms. The van der Waals surface area contributed by atoms with Crippen LogP contribution in [0, 0.1) is 12.8 Å². The lowest BCUT2D eigenvalue weighted by molar-refractivity contribution is 0.150. The average Bonchev–Trinajstić information content (AvgIpc) is 2.26. The fraction of sp³-hybridized carbons (Fsp3) is 0.571. The number of rotatable bonds is 1. The number of benzene rings is 1. The summed E-state index contributed by atoms with van der Waals surface area (Å²) in [6.07, 6.45) is 2.20. The van der Waals surface area contributed by atoms with E-state index in [9.17, 15) is 9.50 Å². The third kappa shape index (κ3) is 2.06. The van der Waals surface area contributed by atoms with Crippen molar-refractivity contribution in [3.63, 3.8) is 0 Å². The molecule has 1 fully saturated rings. The Morgan fingerprint density at radius 1 is 1.31 bits per heavy atom. The standard InChI is InChI=1S/C14H19FO/c1-9-6-7-11(16)8-13(9)12-5-3-4-10(2)14(12)15/h6-8,10,12,14,16H,3-5H2,1-2H3. The van der Waals surface area contributed by atoms with Crippen molar-refractivity contribution in [2.24, 2.45) is 5.92 Å². The van der Waals surface area contributed by atoms with Gasteiger partial charge in [0.25, 0.3) is 0 Å². The molecule has 2 rings (SSSR count). The van der Waals surface area contributed by atoms with Gasteiger partial charge in [0.1, 0.15) is 11.9 Å². The third-order valence-corrected chi connectivity index (χ3v) is 3.76. The molecule has 0 heterocycles. The highest BCUT2D eigenvalue weighted by atomic mass is 19.1. The fourth-order valence-electron chi connectivity index (χ4n) is 2.73. The van der Waals surface area contributed by atoms with Crippen molar-refractivity contribution in [1.82, 2.24) is 0 Å². The summed E-state index contributed by atoms with van der Waals surface area (Å²) in [7, 11) is 0. The second-order valence-corrected chi connectivity index (χ2v) is 5.00. The van der Waals surface area contributed by atoms with E-state index in [0.717, 1.165) is 30.4 Å². The predicted molar refractivity (Wildman–Crippen MR) is 63.5 cm³/mol. The molecule has 2 heteroatoms. The first-order valence-corrected chi connectivity index (χ1v) is 6.03. The third-order valence-electron chi connectivity index (χ3n) is 3.76. The molecule has 0 bridgehead atoms. The van der Waals surface area contributed by atoms with E-state index >= 15 is 0 Å². The largest absolute Gasteiger partial charge is 0.508 e. The Hall–Kier alpha value is -1.05. The molecule has 3 unspecified atom stereocenters. The average molecular weight is 222 g/mol. The van der Waals surface area contributed by atoms with Crippen molar-refractivity contribution in [2.45, 2.75) is 45.2 Å². The van der Waals surface area contributed by atoms with E-state index in [0.29, 0.717) is 0 Å². The minimum atomic E-state index is -0.769. The van der Waals surface area contributed by atoms with Crippen LogP contribution in [0.5, 0.6) is 5.75 Å². The molecule has 0 radical (unpaired) electrons. The normalized spacial score (nSPS) is 30.3. The van der Waals surface area contributed by atoms with Crippen LogP contribution in [-0.2, 0) is 0 Å². The Morgan fingerprint density at radius 2 is 2.06 bits per heavy atom. The lowest BCUT2D eigenvalue weighted by Gasteiger charge is -2.32. The van der Waals surface area contributed by atoms with Crippen LogP contribution in [0.1, 0.15) is 43.2 Å². The number of hydrogen-bond donors (Lipinski definition) is 1. The highest BCUT2D eigenvalue weighted by molar-refractivity contribution is 5.37. The number of alkyl halides is 1. The highest BCUT2D eigenvalue weighted by Gasteiger charge is 2.32. The quantitative estimate of drug-likeness (QED) is 0.763. The summed E-state index contributed by atoms with van der Waals surface area (Å²) in [5.41, 5.74) is 2.07. The van der Waals surface area contributed by atoms with E-state index in [1.165, 1.54) is 0 Å². The molecule has 88 valence electrons. The first-order chi connectivity index (χ1) is 7.59. The fourth-order valence-corrected chi connectivity index (χ4v) is 2.73. The van der Waals surface area contributed by atoms with Crippen LogP contribution < -0.4 is 0 Å². The van der Waals surface area contributed by atoms with Gasteiger partial charge in [-0.3, -0.25) is 0 Å². The molecule has 1 N–H and O–H groups in total. The van der Waals surface area contributed by atoms with Crippen molar-refractivity contribution < 1.29 is 9.50 Å². The summed E-state index contributed by atoms with van der Waals surface area (Å²) < 4.78 is 14.2. The number of hydrogen-bond acceptors (Lipinski definition) is 1. The highest BCUT2D eigenvalue weighted by Crippen LogP contribution is 2.40. The van der Waals surface area contributed by atoms with Crippen LogP contribution in [0.4, 0.5) is 4.39 Å². The van der Waals surface area contributed by atoms with Gasteiger partial charge in [0.15, 0.2) is 0 Å². The number of phenolic OH excluding ortho intramolecular Hbond substituents is 1. The van der Waals surface area contributed by atoms with Crippen LogP contribution in [0.25, 0.3) is 0 Å². The molecule has 0 saturated heterocycles. The van der Waals surface area contributed by atoms with Gasteiger partial charge in [-0.2, -0.15) is 0 Å². The van der Waals surface area contributed by atoms with Crippen molar-refractivity contribution in [2.75, 3.05) is 0 Å². The zero-order chi connectivity index (χ0) is 11.7.